The molecule has 0 unspecified atom stereocenters. The maximum absolute atomic E-state index is 11.5. The van der Waals surface area contributed by atoms with Crippen molar-refractivity contribution in [2.45, 2.75) is 0 Å². The second-order valence-corrected chi connectivity index (χ2v) is 15.9. The molecule has 16 heteroatoms. The van der Waals surface area contributed by atoms with E-state index in [2.05, 4.69) is 61.8 Å². The van der Waals surface area contributed by atoms with Gasteiger partial charge in [-0.25, -0.2) is 14.8 Å². The Labute approximate surface area is 272 Å². The fourth-order valence-electron chi connectivity index (χ4n) is 4.06. The van der Waals surface area contributed by atoms with E-state index in [1.807, 2.05) is 42.5 Å². The van der Waals surface area contributed by atoms with Crippen molar-refractivity contribution in [3.63, 3.8) is 0 Å². The van der Waals surface area contributed by atoms with E-state index in [4.69, 9.17) is 45.7 Å². The first-order chi connectivity index (χ1) is 19.9. The van der Waals surface area contributed by atoms with Crippen molar-refractivity contribution >= 4 is 133 Å². The maximum Gasteiger partial charge on any atom is 0.326 e. The summed E-state index contributed by atoms with van der Waals surface area (Å²) >= 11 is 29.3. The first kappa shape index (κ1) is 30.8. The van der Waals surface area contributed by atoms with Crippen molar-refractivity contribution in [2.24, 2.45) is 0 Å². The van der Waals surface area contributed by atoms with Gasteiger partial charge in [0.25, 0.3) is 11.4 Å². The van der Waals surface area contributed by atoms with Crippen LogP contribution < -0.4 is 16.6 Å². The molecule has 214 valence electrons. The van der Waals surface area contributed by atoms with Gasteiger partial charge in [-0.1, -0.05) is 61.7 Å². The summed E-state index contributed by atoms with van der Waals surface area (Å²) in [5.74, 6) is -3.07. The lowest BCUT2D eigenvalue weighted by molar-refractivity contribution is 0.597. The Balaban J connectivity index is 0.000000130. The minimum atomic E-state index is -3.07. The summed E-state index contributed by atoms with van der Waals surface area (Å²) in [4.78, 5) is 41.7. The van der Waals surface area contributed by atoms with Crippen molar-refractivity contribution in [3.05, 3.63) is 107 Å². The molecule has 0 saturated carbocycles. The largest absolute Gasteiger partial charge is 0.351 e. The van der Waals surface area contributed by atoms with Gasteiger partial charge in [0.05, 0.1) is 5.52 Å². The van der Waals surface area contributed by atoms with Crippen LogP contribution in [0.1, 0.15) is 0 Å². The molecule has 42 heavy (non-hydrogen) atoms. The quantitative estimate of drug-likeness (QED) is 0.0749. The van der Waals surface area contributed by atoms with Gasteiger partial charge in [-0.2, -0.15) is 0 Å². The molecule has 0 spiro atoms. The first-order valence-electron chi connectivity index (χ1n) is 11.7. The Morgan fingerprint density at radius 2 is 1.29 bits per heavy atom. The van der Waals surface area contributed by atoms with Crippen LogP contribution >= 0.6 is 83.4 Å². The van der Waals surface area contributed by atoms with Gasteiger partial charge in [-0.05, 0) is 82.6 Å². The maximum atomic E-state index is 11.5. The number of nitrogens with zero attached hydrogens (tertiary/aromatic N) is 2. The number of aromatic amines is 4. The second-order valence-electron chi connectivity index (χ2n) is 8.59. The van der Waals surface area contributed by atoms with Crippen LogP contribution in [0.3, 0.4) is 0 Å². The third-order valence-corrected chi connectivity index (χ3v) is 9.34. The van der Waals surface area contributed by atoms with Crippen molar-refractivity contribution in [1.82, 2.24) is 29.9 Å². The zero-order valence-corrected chi connectivity index (χ0v) is 27.8. The number of aromatic nitrogens is 6. The van der Waals surface area contributed by atoms with Crippen molar-refractivity contribution in [2.75, 3.05) is 0 Å². The van der Waals surface area contributed by atoms with E-state index in [9.17, 15) is 14.2 Å². The number of H-pyrrole nitrogens is 4. The molecule has 4 heterocycles. The van der Waals surface area contributed by atoms with E-state index in [0.717, 1.165) is 36.3 Å². The summed E-state index contributed by atoms with van der Waals surface area (Å²) in [6.07, 6.45) is 0. The average molecular weight is 792 g/mol. The summed E-state index contributed by atoms with van der Waals surface area (Å²) in [6.45, 7) is 0. The van der Waals surface area contributed by atoms with Gasteiger partial charge in [0.1, 0.15) is 16.6 Å². The van der Waals surface area contributed by atoms with Crippen LogP contribution in [0.15, 0.2) is 85.3 Å². The standard InChI is InChI=1S/C10H4BrCl2N3.C10H6BrN3O2.C6H5Cl2OP/c11-4-1-2-5-6(3-4)14-8-7(5)15-10(13)16-9(8)12;11-4-1-2-5-6(3-4)12-8-7(5)13-10(16)14-9(8)15;7-10(8,9)6-4-2-1-3-5-6/h1-3,14H;1-3,12H,(H2,13,14,15,16);1-5H. The normalized spacial score (nSPS) is 11.4. The van der Waals surface area contributed by atoms with Gasteiger partial charge < -0.3 is 15.0 Å². The van der Waals surface area contributed by atoms with Crippen LogP contribution in [0.4, 0.5) is 0 Å². The minimum absolute atomic E-state index is 0.154. The molecule has 3 aromatic carbocycles. The summed E-state index contributed by atoms with van der Waals surface area (Å²) in [5.41, 5.74) is 3.21. The average Bonchev–Trinajstić information content (AvgIpc) is 3.47. The smallest absolute Gasteiger partial charge is 0.326 e. The molecule has 7 rings (SSSR count). The molecule has 0 aliphatic heterocycles. The van der Waals surface area contributed by atoms with Gasteiger partial charge in [-0.3, -0.25) is 14.3 Å². The number of halogens is 6. The van der Waals surface area contributed by atoms with E-state index in [1.54, 1.807) is 24.3 Å². The molecule has 0 radical (unpaired) electrons. The molecular formula is C26H15Br2Cl4N6O3P. The lowest BCUT2D eigenvalue weighted by atomic mass is 10.2. The second kappa shape index (κ2) is 12.5. The van der Waals surface area contributed by atoms with Gasteiger partial charge in [0.15, 0.2) is 5.15 Å². The predicted molar refractivity (Wildman–Crippen MR) is 179 cm³/mol. The molecule has 0 atom stereocenters. The molecule has 9 nitrogen and oxygen atoms in total. The van der Waals surface area contributed by atoms with Crippen LogP contribution in [-0.2, 0) is 4.57 Å². The number of benzene rings is 3. The van der Waals surface area contributed by atoms with Gasteiger partial charge in [0.2, 0.25) is 5.28 Å². The van der Waals surface area contributed by atoms with E-state index in [-0.39, 0.29) is 5.28 Å². The minimum Gasteiger partial charge on any atom is -0.351 e. The first-order valence-corrected chi connectivity index (χ1v) is 17.5. The van der Waals surface area contributed by atoms with Crippen molar-refractivity contribution in [3.8, 4) is 0 Å². The molecule has 0 aliphatic carbocycles. The van der Waals surface area contributed by atoms with Crippen LogP contribution in [0, 0.1) is 0 Å². The molecule has 0 fully saturated rings. The molecular weight excluding hydrogens is 777 g/mol. The Hall–Kier alpha value is -2.63. The van der Waals surface area contributed by atoms with Gasteiger partial charge in [0, 0.05) is 36.1 Å². The molecule has 7 aromatic rings. The molecule has 0 bridgehead atoms. The zero-order chi connectivity index (χ0) is 30.2. The van der Waals surface area contributed by atoms with Crippen molar-refractivity contribution < 1.29 is 4.57 Å². The van der Waals surface area contributed by atoms with E-state index >= 15 is 0 Å². The third kappa shape index (κ3) is 6.78. The highest BCUT2D eigenvalue weighted by Gasteiger charge is 2.15. The summed E-state index contributed by atoms with van der Waals surface area (Å²) < 4.78 is 12.8. The van der Waals surface area contributed by atoms with Gasteiger partial charge in [-0.15, -0.1) is 0 Å². The van der Waals surface area contributed by atoms with E-state index in [1.165, 1.54) is 0 Å². The number of fused-ring (bicyclic) bond motifs is 6. The highest BCUT2D eigenvalue weighted by molar-refractivity contribution is 9.10. The highest BCUT2D eigenvalue weighted by Crippen LogP contribution is 2.54. The predicted octanol–water partition coefficient (Wildman–Crippen LogP) is 8.62. The monoisotopic (exact) mass is 788 g/mol. The summed E-state index contributed by atoms with van der Waals surface area (Å²) in [7, 11) is 0. The zero-order valence-electron chi connectivity index (χ0n) is 20.7. The topological polar surface area (TPSA) is 140 Å². The summed E-state index contributed by atoms with van der Waals surface area (Å²) in [6, 6.07) is 20.0. The number of hydrogen-bond acceptors (Lipinski definition) is 5. The SMILES string of the molecule is Clc1nc(Cl)c2[nH]c3cc(Br)ccc3c2n1.O=P(Cl)(Cl)c1ccccc1.O=c1[nH]c(=O)c2[nH]c3cc(Br)ccc3c2[nH]1. The van der Waals surface area contributed by atoms with Crippen molar-refractivity contribution in [1.29, 1.82) is 0 Å². The van der Waals surface area contributed by atoms with Crippen LogP contribution in [0.2, 0.25) is 10.4 Å². The van der Waals surface area contributed by atoms with Crippen LogP contribution in [0.5, 0.6) is 0 Å². The van der Waals surface area contributed by atoms with Crippen LogP contribution in [-0.4, -0.2) is 29.9 Å². The Morgan fingerprint density at radius 1 is 0.690 bits per heavy atom. The van der Waals surface area contributed by atoms with Gasteiger partial charge >= 0.3 is 5.69 Å². The fraction of sp³-hybridized carbons (Fsp3) is 0. The van der Waals surface area contributed by atoms with Crippen LogP contribution in [0.25, 0.3) is 43.9 Å². The molecule has 0 saturated heterocycles. The number of hydrogen-bond donors (Lipinski definition) is 4. The van der Waals surface area contributed by atoms with E-state index < -0.39 is 17.1 Å². The lowest BCUT2D eigenvalue weighted by Gasteiger charge is -1.98. The highest BCUT2D eigenvalue weighted by atomic mass is 79.9. The number of rotatable bonds is 1. The molecule has 4 N–H and O–H groups in total. The Morgan fingerprint density at radius 3 is 1.90 bits per heavy atom. The Bertz CT molecular complexity index is 2260. The number of nitrogens with one attached hydrogen (secondary N) is 4. The fourth-order valence-corrected chi connectivity index (χ4v) is 6.40. The Kier molecular flexibility index (Phi) is 9.20. The van der Waals surface area contributed by atoms with E-state index in [0.29, 0.717) is 27.0 Å². The molecule has 0 aliphatic rings. The molecule has 0 amide bonds. The summed E-state index contributed by atoms with van der Waals surface area (Å²) in [5, 5.41) is 2.77. The third-order valence-electron chi connectivity index (χ3n) is 5.84. The lowest BCUT2D eigenvalue weighted by Crippen LogP contribution is -2.21. The molecule has 4 aromatic heterocycles.